The van der Waals surface area contributed by atoms with Gasteiger partial charge in [0.05, 0.1) is 6.33 Å². The van der Waals surface area contributed by atoms with E-state index < -0.39 is 24.0 Å². The van der Waals surface area contributed by atoms with Crippen LogP contribution in [0.1, 0.15) is 6.23 Å². The number of H-pyrrole nitrogens is 1. The van der Waals surface area contributed by atoms with Gasteiger partial charge >= 0.3 is 0 Å². The van der Waals surface area contributed by atoms with Gasteiger partial charge in [-0.15, -0.1) is 0 Å². The normalized spacial score (nSPS) is 29.0. The van der Waals surface area contributed by atoms with Gasteiger partial charge in [-0.25, -0.2) is 14.4 Å². The van der Waals surface area contributed by atoms with Gasteiger partial charge in [0.2, 0.25) is 6.23 Å². The van der Waals surface area contributed by atoms with Crippen LogP contribution in [-0.2, 0) is 4.74 Å². The lowest BCUT2D eigenvalue weighted by atomic mass is 10.2. The zero-order valence-electron chi connectivity index (χ0n) is 9.39. The van der Waals surface area contributed by atoms with Gasteiger partial charge in [-0.2, -0.15) is 0 Å². The Morgan fingerprint density at radius 1 is 1.47 bits per heavy atom. The summed E-state index contributed by atoms with van der Waals surface area (Å²) in [4.78, 5) is 21.6. The molecule has 0 unspecified atom stereocenters. The second-order valence-electron chi connectivity index (χ2n) is 4.01. The number of rotatable bonds is 1. The maximum absolute atomic E-state index is 12.5. The van der Waals surface area contributed by atoms with E-state index in [4.69, 9.17) is 4.74 Å². The Morgan fingerprint density at radius 2 is 2.26 bits per heavy atom. The maximum Gasteiger partial charge on any atom is 0.278 e. The molecule has 0 aliphatic carbocycles. The fourth-order valence-corrected chi connectivity index (χ4v) is 1.96. The largest absolute Gasteiger partial charge is 0.466 e. The van der Waals surface area contributed by atoms with Gasteiger partial charge in [-0.3, -0.25) is 9.36 Å². The Hall–Kier alpha value is -2.26. The molecule has 2 aromatic rings. The topological polar surface area (TPSA) is 113 Å². The van der Waals surface area contributed by atoms with E-state index in [1.807, 2.05) is 0 Å². The van der Waals surface area contributed by atoms with Gasteiger partial charge in [0.25, 0.3) is 5.56 Å². The first-order chi connectivity index (χ1) is 9.13. The van der Waals surface area contributed by atoms with Crippen molar-refractivity contribution in [2.45, 2.75) is 18.4 Å². The molecule has 0 amide bonds. The molecule has 3 atom stereocenters. The Labute approximate surface area is 104 Å². The van der Waals surface area contributed by atoms with E-state index in [9.17, 15) is 19.4 Å². The van der Waals surface area contributed by atoms with Crippen molar-refractivity contribution < 1.29 is 19.3 Å². The lowest BCUT2D eigenvalue weighted by molar-refractivity contribution is -0.0120. The van der Waals surface area contributed by atoms with Crippen LogP contribution < -0.4 is 5.56 Å². The molecule has 9 heteroatoms. The summed E-state index contributed by atoms with van der Waals surface area (Å²) < 4.78 is 18.8. The van der Waals surface area contributed by atoms with Crippen molar-refractivity contribution in [3.8, 4) is 0 Å². The summed E-state index contributed by atoms with van der Waals surface area (Å²) in [6, 6.07) is 0. The highest BCUT2D eigenvalue weighted by Gasteiger charge is 2.41. The molecular formula is C10H9FN4O4. The van der Waals surface area contributed by atoms with Gasteiger partial charge in [-0.05, 0) is 0 Å². The third-order valence-electron chi connectivity index (χ3n) is 2.91. The van der Waals surface area contributed by atoms with E-state index in [0.29, 0.717) is 0 Å². The van der Waals surface area contributed by atoms with E-state index in [2.05, 4.69) is 15.0 Å². The Morgan fingerprint density at radius 3 is 2.95 bits per heavy atom. The Balaban J connectivity index is 2.11. The minimum Gasteiger partial charge on any atom is -0.466 e. The lowest BCUT2D eigenvalue weighted by Crippen LogP contribution is -2.27. The molecule has 2 aromatic heterocycles. The second-order valence-corrected chi connectivity index (χ2v) is 4.01. The van der Waals surface area contributed by atoms with Gasteiger partial charge in [0, 0.05) is 0 Å². The van der Waals surface area contributed by atoms with Crippen LogP contribution in [0.25, 0.3) is 11.2 Å². The Kier molecular flexibility index (Phi) is 2.57. The smallest absolute Gasteiger partial charge is 0.278 e. The average molecular weight is 268 g/mol. The minimum atomic E-state index is -1.48. The standard InChI is InChI=1S/C10H9FN4O4/c11-1-4-6(16)7(17)10(19-4)15-3-14-5-8(15)12-2-13-9(5)18/h1-3,6-7,10,16-17H,(H,12,13,18)/b4-1-/t6-,7-,10-/m1/s1. The number of imidazole rings is 1. The van der Waals surface area contributed by atoms with Crippen LogP contribution in [0.5, 0.6) is 0 Å². The predicted octanol–water partition coefficient (Wildman–Crippen LogP) is -0.819. The van der Waals surface area contributed by atoms with Crippen LogP contribution in [0.4, 0.5) is 4.39 Å². The van der Waals surface area contributed by atoms with Crippen molar-refractivity contribution in [1.82, 2.24) is 19.5 Å². The van der Waals surface area contributed by atoms with Crippen LogP contribution in [-0.4, -0.2) is 41.9 Å². The maximum atomic E-state index is 12.5. The highest BCUT2D eigenvalue weighted by molar-refractivity contribution is 5.68. The van der Waals surface area contributed by atoms with Crippen LogP contribution >= 0.6 is 0 Å². The number of aliphatic hydroxyl groups excluding tert-OH is 2. The van der Waals surface area contributed by atoms with E-state index in [0.717, 1.165) is 0 Å². The molecule has 1 aliphatic heterocycles. The molecule has 1 aliphatic rings. The third kappa shape index (κ3) is 1.63. The summed E-state index contributed by atoms with van der Waals surface area (Å²) in [7, 11) is 0. The second kappa shape index (κ2) is 4.14. The summed E-state index contributed by atoms with van der Waals surface area (Å²) in [5.41, 5.74) is -0.219. The summed E-state index contributed by atoms with van der Waals surface area (Å²) >= 11 is 0. The average Bonchev–Trinajstić information content (AvgIpc) is 2.94. The number of hydrogen-bond donors (Lipinski definition) is 3. The van der Waals surface area contributed by atoms with E-state index >= 15 is 0 Å². The molecular weight excluding hydrogens is 259 g/mol. The van der Waals surface area contributed by atoms with Crippen LogP contribution in [0.2, 0.25) is 0 Å². The first kappa shape index (κ1) is 11.8. The molecule has 19 heavy (non-hydrogen) atoms. The zero-order chi connectivity index (χ0) is 13.6. The number of aliphatic hydroxyl groups is 2. The van der Waals surface area contributed by atoms with Crippen LogP contribution in [0.15, 0.2) is 29.5 Å². The zero-order valence-corrected chi connectivity index (χ0v) is 9.39. The fraction of sp³-hybridized carbons (Fsp3) is 0.300. The predicted molar refractivity (Wildman–Crippen MR) is 59.5 cm³/mol. The quantitative estimate of drug-likeness (QED) is 0.623. The van der Waals surface area contributed by atoms with Gasteiger partial charge in [0.15, 0.2) is 16.9 Å². The molecule has 0 spiro atoms. The van der Waals surface area contributed by atoms with Gasteiger partial charge in [-0.1, -0.05) is 0 Å². The third-order valence-corrected chi connectivity index (χ3v) is 2.91. The van der Waals surface area contributed by atoms with E-state index in [1.54, 1.807) is 0 Å². The SMILES string of the molecule is O=c1[nH]cnc2c1ncn2[C@@H]1O/C(=C\F)[C@@H](O)[C@H]1O. The molecule has 0 aromatic carbocycles. The van der Waals surface area contributed by atoms with Gasteiger partial charge in [0.1, 0.15) is 24.9 Å². The molecule has 3 N–H and O–H groups in total. The Bertz CT molecular complexity index is 709. The molecule has 0 bridgehead atoms. The van der Waals surface area contributed by atoms with Crippen molar-refractivity contribution in [3.63, 3.8) is 0 Å². The van der Waals surface area contributed by atoms with Crippen molar-refractivity contribution in [2.75, 3.05) is 0 Å². The molecule has 0 radical (unpaired) electrons. The van der Waals surface area contributed by atoms with Crippen molar-refractivity contribution >= 4 is 11.2 Å². The first-order valence-corrected chi connectivity index (χ1v) is 5.36. The molecule has 1 saturated heterocycles. The molecule has 3 heterocycles. The summed E-state index contributed by atoms with van der Waals surface area (Å²) in [6.07, 6.45) is -1.49. The number of halogens is 1. The number of hydrogen-bond acceptors (Lipinski definition) is 6. The molecule has 0 saturated carbocycles. The number of nitrogens with one attached hydrogen (secondary N) is 1. The minimum absolute atomic E-state index is 0.0606. The van der Waals surface area contributed by atoms with E-state index in [-0.39, 0.29) is 23.3 Å². The summed E-state index contributed by atoms with van der Waals surface area (Å²) in [5, 5.41) is 19.4. The number of nitrogens with zero attached hydrogens (tertiary/aromatic N) is 3. The molecule has 1 fully saturated rings. The van der Waals surface area contributed by atoms with Crippen molar-refractivity contribution in [1.29, 1.82) is 0 Å². The van der Waals surface area contributed by atoms with Gasteiger partial charge < -0.3 is 19.9 Å². The highest BCUT2D eigenvalue weighted by atomic mass is 19.1. The van der Waals surface area contributed by atoms with Crippen LogP contribution in [0, 0.1) is 0 Å². The van der Waals surface area contributed by atoms with Crippen molar-refractivity contribution in [2.24, 2.45) is 0 Å². The summed E-state index contributed by atoms with van der Waals surface area (Å²) in [6.45, 7) is 0. The monoisotopic (exact) mass is 268 g/mol. The lowest BCUT2D eigenvalue weighted by Gasteiger charge is -2.15. The fourth-order valence-electron chi connectivity index (χ4n) is 1.96. The first-order valence-electron chi connectivity index (χ1n) is 5.36. The molecule has 100 valence electrons. The molecule has 3 rings (SSSR count). The number of aromatic nitrogens is 4. The number of fused-ring (bicyclic) bond motifs is 1. The van der Waals surface area contributed by atoms with E-state index in [1.165, 1.54) is 17.2 Å². The molecule has 8 nitrogen and oxygen atoms in total. The highest BCUT2D eigenvalue weighted by Crippen LogP contribution is 2.33. The number of ether oxygens (including phenoxy) is 1. The summed E-state index contributed by atoms with van der Waals surface area (Å²) in [5.74, 6) is -0.385. The van der Waals surface area contributed by atoms with Crippen molar-refractivity contribution in [3.05, 3.63) is 35.1 Å². The van der Waals surface area contributed by atoms with Crippen LogP contribution in [0.3, 0.4) is 0 Å². The number of aromatic amines is 1.